The zero-order valence-corrected chi connectivity index (χ0v) is 13.1. The molecule has 2 N–H and O–H groups in total. The number of rotatable bonds is 5. The van der Waals surface area contributed by atoms with Crippen molar-refractivity contribution in [3.8, 4) is 0 Å². The van der Waals surface area contributed by atoms with Gasteiger partial charge in [-0.25, -0.2) is 4.39 Å². The SMILES string of the molecule is CC(Cc1cccs1)N(C)c1ccc(C(N)=S)c(F)c1. The third-order valence-electron chi connectivity index (χ3n) is 3.36. The van der Waals surface area contributed by atoms with Gasteiger partial charge in [-0.05, 0) is 36.6 Å². The number of halogens is 1. The molecular formula is C15H17FN2S2. The van der Waals surface area contributed by atoms with Crippen molar-refractivity contribution in [1.29, 1.82) is 0 Å². The Morgan fingerprint density at radius 1 is 1.45 bits per heavy atom. The lowest BCUT2D eigenvalue weighted by Crippen LogP contribution is -2.30. The molecule has 1 aromatic carbocycles. The summed E-state index contributed by atoms with van der Waals surface area (Å²) in [5.74, 6) is -0.370. The van der Waals surface area contributed by atoms with Crippen LogP contribution in [0, 0.1) is 5.82 Å². The molecule has 1 unspecified atom stereocenters. The molecule has 0 amide bonds. The van der Waals surface area contributed by atoms with E-state index < -0.39 is 0 Å². The van der Waals surface area contributed by atoms with Crippen LogP contribution >= 0.6 is 23.6 Å². The predicted octanol–water partition coefficient (Wildman–Crippen LogP) is 3.59. The Morgan fingerprint density at radius 2 is 2.20 bits per heavy atom. The number of nitrogens with zero attached hydrogens (tertiary/aromatic N) is 1. The molecule has 0 saturated carbocycles. The molecule has 5 heteroatoms. The molecule has 106 valence electrons. The summed E-state index contributed by atoms with van der Waals surface area (Å²) in [5.41, 5.74) is 6.59. The Morgan fingerprint density at radius 3 is 2.75 bits per heavy atom. The summed E-state index contributed by atoms with van der Waals surface area (Å²) < 4.78 is 13.9. The van der Waals surface area contributed by atoms with E-state index in [0.717, 1.165) is 12.1 Å². The highest BCUT2D eigenvalue weighted by Crippen LogP contribution is 2.22. The number of thiocarbonyl (C=S) groups is 1. The molecule has 2 aromatic rings. The first-order valence-electron chi connectivity index (χ1n) is 6.33. The minimum atomic E-state index is -0.370. The van der Waals surface area contributed by atoms with Crippen molar-refractivity contribution >= 4 is 34.2 Å². The van der Waals surface area contributed by atoms with Crippen LogP contribution in [0.5, 0.6) is 0 Å². The fourth-order valence-electron chi connectivity index (χ4n) is 2.03. The van der Waals surface area contributed by atoms with Crippen molar-refractivity contribution in [2.45, 2.75) is 19.4 Å². The number of hydrogen-bond acceptors (Lipinski definition) is 3. The molecule has 20 heavy (non-hydrogen) atoms. The van der Waals surface area contributed by atoms with Gasteiger partial charge in [-0.1, -0.05) is 18.3 Å². The standard InChI is InChI=1S/C15H17FN2S2/c1-10(8-12-4-3-7-20-12)18(2)11-5-6-13(15(17)19)14(16)9-11/h3-7,9-10H,8H2,1-2H3,(H2,17,19). The van der Waals surface area contributed by atoms with E-state index in [1.165, 1.54) is 10.9 Å². The molecule has 0 aliphatic heterocycles. The van der Waals surface area contributed by atoms with Crippen molar-refractivity contribution < 1.29 is 4.39 Å². The van der Waals surface area contributed by atoms with Gasteiger partial charge in [0.15, 0.2) is 0 Å². The van der Waals surface area contributed by atoms with Gasteiger partial charge in [0.05, 0.1) is 0 Å². The van der Waals surface area contributed by atoms with Crippen LogP contribution in [0.3, 0.4) is 0 Å². The van der Waals surface area contributed by atoms with E-state index >= 15 is 0 Å². The quantitative estimate of drug-likeness (QED) is 0.856. The summed E-state index contributed by atoms with van der Waals surface area (Å²) in [6, 6.07) is 9.42. The Labute approximate surface area is 128 Å². The maximum Gasteiger partial charge on any atom is 0.135 e. The smallest absolute Gasteiger partial charge is 0.135 e. The minimum absolute atomic E-state index is 0.0864. The van der Waals surface area contributed by atoms with Crippen LogP contribution in [0.1, 0.15) is 17.4 Å². The molecular weight excluding hydrogens is 291 g/mol. The van der Waals surface area contributed by atoms with Gasteiger partial charge in [0, 0.05) is 35.6 Å². The summed E-state index contributed by atoms with van der Waals surface area (Å²) in [5, 5.41) is 2.07. The van der Waals surface area contributed by atoms with Gasteiger partial charge in [-0.2, -0.15) is 0 Å². The number of hydrogen-bond donors (Lipinski definition) is 1. The molecule has 1 heterocycles. The number of anilines is 1. The highest BCUT2D eigenvalue weighted by atomic mass is 32.1. The zero-order chi connectivity index (χ0) is 14.7. The molecule has 0 aliphatic carbocycles. The van der Waals surface area contributed by atoms with Crippen LogP contribution < -0.4 is 10.6 Å². The lowest BCUT2D eigenvalue weighted by atomic mass is 10.1. The monoisotopic (exact) mass is 308 g/mol. The van der Waals surface area contributed by atoms with E-state index in [1.807, 2.05) is 19.2 Å². The van der Waals surface area contributed by atoms with Gasteiger partial charge < -0.3 is 10.6 Å². The summed E-state index contributed by atoms with van der Waals surface area (Å²) >= 11 is 6.55. The summed E-state index contributed by atoms with van der Waals surface area (Å²) in [4.78, 5) is 3.47. The average molecular weight is 308 g/mol. The van der Waals surface area contributed by atoms with E-state index in [-0.39, 0.29) is 16.8 Å². The van der Waals surface area contributed by atoms with Crippen LogP contribution in [-0.2, 0) is 6.42 Å². The van der Waals surface area contributed by atoms with Gasteiger partial charge in [0.1, 0.15) is 10.8 Å². The van der Waals surface area contributed by atoms with Crippen molar-refractivity contribution in [2.75, 3.05) is 11.9 Å². The molecule has 2 rings (SSSR count). The van der Waals surface area contributed by atoms with Gasteiger partial charge in [0.2, 0.25) is 0 Å². The normalized spacial score (nSPS) is 12.2. The van der Waals surface area contributed by atoms with E-state index in [2.05, 4.69) is 23.3 Å². The van der Waals surface area contributed by atoms with Crippen molar-refractivity contribution in [1.82, 2.24) is 0 Å². The van der Waals surface area contributed by atoms with E-state index in [0.29, 0.717) is 5.56 Å². The fourth-order valence-corrected chi connectivity index (χ4v) is 3.03. The molecule has 0 aliphatic rings. The molecule has 0 fully saturated rings. The van der Waals surface area contributed by atoms with Crippen LogP contribution in [0.25, 0.3) is 0 Å². The molecule has 0 spiro atoms. The lowest BCUT2D eigenvalue weighted by Gasteiger charge is -2.27. The number of likely N-dealkylation sites (N-methyl/N-ethyl adjacent to an activating group) is 1. The van der Waals surface area contributed by atoms with E-state index in [1.54, 1.807) is 17.4 Å². The van der Waals surface area contributed by atoms with E-state index in [4.69, 9.17) is 18.0 Å². The summed E-state index contributed by atoms with van der Waals surface area (Å²) in [6.07, 6.45) is 0.937. The minimum Gasteiger partial charge on any atom is -0.389 e. The fraction of sp³-hybridized carbons (Fsp3) is 0.267. The summed E-state index contributed by atoms with van der Waals surface area (Å²) in [7, 11) is 1.97. The lowest BCUT2D eigenvalue weighted by molar-refractivity contribution is 0.621. The van der Waals surface area contributed by atoms with Gasteiger partial charge >= 0.3 is 0 Å². The largest absolute Gasteiger partial charge is 0.389 e. The van der Waals surface area contributed by atoms with Crippen LogP contribution in [-0.4, -0.2) is 18.1 Å². The molecule has 1 atom stereocenters. The molecule has 0 saturated heterocycles. The van der Waals surface area contributed by atoms with Crippen molar-refractivity contribution in [3.63, 3.8) is 0 Å². The second kappa shape index (κ2) is 6.33. The van der Waals surface area contributed by atoms with Crippen molar-refractivity contribution in [2.24, 2.45) is 5.73 Å². The van der Waals surface area contributed by atoms with Crippen LogP contribution in [0.4, 0.5) is 10.1 Å². The maximum absolute atomic E-state index is 13.9. The Bertz CT molecular complexity index is 596. The Kier molecular flexibility index (Phi) is 4.73. The zero-order valence-electron chi connectivity index (χ0n) is 11.5. The highest BCUT2D eigenvalue weighted by Gasteiger charge is 2.14. The van der Waals surface area contributed by atoms with Gasteiger partial charge in [-0.3, -0.25) is 0 Å². The average Bonchev–Trinajstić information content (AvgIpc) is 2.90. The Balaban J connectivity index is 2.14. The number of thiophene rings is 1. The highest BCUT2D eigenvalue weighted by molar-refractivity contribution is 7.80. The van der Waals surface area contributed by atoms with Crippen molar-refractivity contribution in [3.05, 3.63) is 52.0 Å². The van der Waals surface area contributed by atoms with Crippen LogP contribution in [0.15, 0.2) is 35.7 Å². The predicted molar refractivity (Wildman–Crippen MR) is 88.2 cm³/mol. The number of benzene rings is 1. The second-order valence-corrected chi connectivity index (χ2v) is 6.24. The summed E-state index contributed by atoms with van der Waals surface area (Å²) in [6.45, 7) is 2.12. The third kappa shape index (κ3) is 3.35. The topological polar surface area (TPSA) is 29.3 Å². The molecule has 0 radical (unpaired) electrons. The first kappa shape index (κ1) is 14.9. The van der Waals surface area contributed by atoms with E-state index in [9.17, 15) is 4.39 Å². The molecule has 0 bridgehead atoms. The Hall–Kier alpha value is -1.46. The molecule has 2 nitrogen and oxygen atoms in total. The maximum atomic E-state index is 13.9. The molecule has 1 aromatic heterocycles. The van der Waals surface area contributed by atoms with Crippen LogP contribution in [0.2, 0.25) is 0 Å². The second-order valence-electron chi connectivity index (χ2n) is 4.77. The third-order valence-corrected chi connectivity index (χ3v) is 4.48. The number of nitrogens with two attached hydrogens (primary N) is 1. The van der Waals surface area contributed by atoms with Gasteiger partial charge in [-0.15, -0.1) is 11.3 Å². The first-order chi connectivity index (χ1) is 9.49. The van der Waals surface area contributed by atoms with Gasteiger partial charge in [0.25, 0.3) is 0 Å². The first-order valence-corrected chi connectivity index (χ1v) is 7.62.